The molecule has 1 aliphatic heterocycles. The van der Waals surface area contributed by atoms with E-state index in [1.165, 1.54) is 0 Å². The second-order valence-electron chi connectivity index (χ2n) is 5.30. The van der Waals surface area contributed by atoms with Gasteiger partial charge in [-0.05, 0) is 11.4 Å². The van der Waals surface area contributed by atoms with Crippen molar-refractivity contribution in [1.29, 1.82) is 0 Å². The van der Waals surface area contributed by atoms with E-state index in [-0.39, 0.29) is 12.5 Å². The normalized spacial score (nSPS) is 24.1. The van der Waals surface area contributed by atoms with Crippen molar-refractivity contribution < 1.29 is 23.1 Å². The Morgan fingerprint density at radius 1 is 1.62 bits per heavy atom. The first-order valence-corrected chi connectivity index (χ1v) is 7.46. The van der Waals surface area contributed by atoms with Crippen LogP contribution in [0, 0.1) is 0 Å². The van der Waals surface area contributed by atoms with Crippen LogP contribution in [0.2, 0.25) is 0 Å². The number of hydrogen-bond donors (Lipinski definition) is 2. The van der Waals surface area contributed by atoms with E-state index in [4.69, 9.17) is 0 Å². The third-order valence-corrected chi connectivity index (χ3v) is 4.75. The summed E-state index contributed by atoms with van der Waals surface area (Å²) in [5, 5.41) is 14.1. The Balaban J connectivity index is 1.85. The second kappa shape index (κ2) is 5.84. The van der Waals surface area contributed by atoms with E-state index in [0.29, 0.717) is 6.54 Å². The largest absolute Gasteiger partial charge is 0.419 e. The van der Waals surface area contributed by atoms with Gasteiger partial charge in [-0.15, -0.1) is 11.3 Å². The van der Waals surface area contributed by atoms with Crippen molar-refractivity contribution in [3.8, 4) is 0 Å². The van der Waals surface area contributed by atoms with Gasteiger partial charge in [0.2, 0.25) is 0 Å². The van der Waals surface area contributed by atoms with E-state index in [1.807, 2.05) is 24.4 Å². The molecule has 4 nitrogen and oxygen atoms in total. The van der Waals surface area contributed by atoms with Gasteiger partial charge < -0.3 is 15.3 Å². The molecule has 1 aromatic heterocycles. The van der Waals surface area contributed by atoms with Gasteiger partial charge in [-0.2, -0.15) is 13.2 Å². The number of carbonyl (C=O) groups is 1. The number of likely N-dealkylation sites (tertiary alicyclic amines) is 1. The number of nitrogens with one attached hydrogen (secondary N) is 1. The number of rotatable bonds is 3. The minimum atomic E-state index is -4.72. The molecule has 118 valence electrons. The first-order chi connectivity index (χ1) is 9.73. The Bertz CT molecular complexity index is 492. The van der Waals surface area contributed by atoms with Gasteiger partial charge >= 0.3 is 12.2 Å². The smallest absolute Gasteiger partial charge is 0.379 e. The lowest BCUT2D eigenvalue weighted by Crippen LogP contribution is -2.49. The monoisotopic (exact) mass is 322 g/mol. The average molecular weight is 322 g/mol. The molecule has 0 aromatic carbocycles. The van der Waals surface area contributed by atoms with Crippen LogP contribution in [-0.4, -0.2) is 47.4 Å². The molecule has 2 unspecified atom stereocenters. The highest BCUT2D eigenvalue weighted by molar-refractivity contribution is 7.10. The molecule has 2 atom stereocenters. The van der Waals surface area contributed by atoms with Gasteiger partial charge in [-0.1, -0.05) is 13.0 Å². The summed E-state index contributed by atoms with van der Waals surface area (Å²) in [4.78, 5) is 14.0. The maximum atomic E-state index is 12.7. The fourth-order valence-electron chi connectivity index (χ4n) is 2.22. The topological polar surface area (TPSA) is 52.6 Å². The third kappa shape index (κ3) is 3.49. The molecule has 2 heterocycles. The molecule has 1 aliphatic rings. The minimum Gasteiger partial charge on any atom is -0.379 e. The van der Waals surface area contributed by atoms with Gasteiger partial charge in [0.25, 0.3) is 0 Å². The van der Waals surface area contributed by atoms with Gasteiger partial charge in [-0.25, -0.2) is 4.79 Å². The van der Waals surface area contributed by atoms with Crippen molar-refractivity contribution >= 4 is 17.4 Å². The zero-order valence-electron chi connectivity index (χ0n) is 11.5. The summed E-state index contributed by atoms with van der Waals surface area (Å²) in [5.74, 6) is 0.0954. The van der Waals surface area contributed by atoms with Crippen LogP contribution in [0.1, 0.15) is 24.1 Å². The average Bonchev–Trinajstić information content (AvgIpc) is 3.04. The number of halogens is 3. The molecule has 8 heteroatoms. The molecule has 2 N–H and O–H groups in total. The summed E-state index contributed by atoms with van der Waals surface area (Å²) in [6.45, 7) is 1.47. The number of alkyl halides is 3. The molecule has 0 saturated carbocycles. The summed E-state index contributed by atoms with van der Waals surface area (Å²) < 4.78 is 38.0. The number of carbonyl (C=O) groups excluding carboxylic acids is 1. The molecule has 0 bridgehead atoms. The summed E-state index contributed by atoms with van der Waals surface area (Å²) in [7, 11) is 0. The highest BCUT2D eigenvalue weighted by atomic mass is 32.1. The first kappa shape index (κ1) is 16.1. The van der Waals surface area contributed by atoms with Crippen LogP contribution in [0.4, 0.5) is 18.0 Å². The van der Waals surface area contributed by atoms with Gasteiger partial charge in [0, 0.05) is 30.3 Å². The predicted molar refractivity (Wildman–Crippen MR) is 73.3 cm³/mol. The Morgan fingerprint density at radius 3 is 2.86 bits per heavy atom. The molecule has 1 fully saturated rings. The van der Waals surface area contributed by atoms with Crippen LogP contribution in [0.15, 0.2) is 17.5 Å². The van der Waals surface area contributed by atoms with Gasteiger partial charge in [0.15, 0.2) is 5.60 Å². The molecule has 1 aromatic rings. The van der Waals surface area contributed by atoms with E-state index in [0.717, 1.165) is 9.78 Å². The SMILES string of the molecule is CC(CNC(=O)N1CCC(O)(C(F)(F)F)C1)c1cccs1. The van der Waals surface area contributed by atoms with Crippen molar-refractivity contribution in [3.63, 3.8) is 0 Å². The van der Waals surface area contributed by atoms with E-state index in [9.17, 15) is 23.1 Å². The molecular formula is C13H17F3N2O2S. The van der Waals surface area contributed by atoms with Gasteiger partial charge in [0.1, 0.15) is 0 Å². The number of hydrogen-bond acceptors (Lipinski definition) is 3. The number of urea groups is 1. The standard InChI is InChI=1S/C13H17F3N2O2S/c1-9(10-3-2-6-21-10)7-17-11(19)18-5-4-12(20,8-18)13(14,15)16/h2-3,6,9,20H,4-5,7-8H2,1H3,(H,17,19). The highest BCUT2D eigenvalue weighted by Gasteiger charge is 2.57. The molecule has 0 radical (unpaired) electrons. The van der Waals surface area contributed by atoms with Crippen molar-refractivity contribution in [2.45, 2.75) is 31.0 Å². The van der Waals surface area contributed by atoms with Crippen LogP contribution in [0.25, 0.3) is 0 Å². The summed E-state index contributed by atoms with van der Waals surface area (Å²) >= 11 is 1.56. The first-order valence-electron chi connectivity index (χ1n) is 6.58. The fraction of sp³-hybridized carbons (Fsp3) is 0.615. The summed E-state index contributed by atoms with van der Waals surface area (Å²) in [6.07, 6.45) is -5.20. The van der Waals surface area contributed by atoms with Crippen LogP contribution in [0.3, 0.4) is 0 Å². The Labute approximate surface area is 124 Å². The summed E-state index contributed by atoms with van der Waals surface area (Å²) in [5.41, 5.74) is -2.79. The van der Waals surface area contributed by atoms with Crippen molar-refractivity contribution in [2.24, 2.45) is 0 Å². The number of β-amino-alcohol motifs (C(OH)–C–C–N with tert-alkyl or cyclic N) is 1. The quantitative estimate of drug-likeness (QED) is 0.898. The van der Waals surface area contributed by atoms with E-state index < -0.39 is 30.8 Å². The molecule has 0 aliphatic carbocycles. The van der Waals surface area contributed by atoms with Gasteiger partial charge in [-0.3, -0.25) is 0 Å². The van der Waals surface area contributed by atoms with Crippen LogP contribution in [0.5, 0.6) is 0 Å². The van der Waals surface area contributed by atoms with E-state index >= 15 is 0 Å². The third-order valence-electron chi connectivity index (χ3n) is 3.65. The van der Waals surface area contributed by atoms with Crippen molar-refractivity contribution in [1.82, 2.24) is 10.2 Å². The van der Waals surface area contributed by atoms with E-state index in [2.05, 4.69) is 5.32 Å². The lowest BCUT2D eigenvalue weighted by Gasteiger charge is -2.26. The Morgan fingerprint density at radius 2 is 2.33 bits per heavy atom. The molecule has 0 spiro atoms. The van der Waals surface area contributed by atoms with Crippen molar-refractivity contribution in [3.05, 3.63) is 22.4 Å². The number of amides is 2. The van der Waals surface area contributed by atoms with Gasteiger partial charge in [0.05, 0.1) is 6.54 Å². The Hall–Kier alpha value is -1.28. The van der Waals surface area contributed by atoms with Crippen LogP contribution >= 0.6 is 11.3 Å². The zero-order valence-corrected chi connectivity index (χ0v) is 12.3. The lowest BCUT2D eigenvalue weighted by atomic mass is 10.0. The number of nitrogens with zero attached hydrogens (tertiary/aromatic N) is 1. The lowest BCUT2D eigenvalue weighted by molar-refractivity contribution is -0.253. The molecule has 2 rings (SSSR count). The van der Waals surface area contributed by atoms with Crippen molar-refractivity contribution in [2.75, 3.05) is 19.6 Å². The molecule has 2 amide bonds. The number of aliphatic hydroxyl groups is 1. The predicted octanol–water partition coefficient (Wildman–Crippen LogP) is 2.56. The maximum absolute atomic E-state index is 12.7. The van der Waals surface area contributed by atoms with Crippen LogP contribution < -0.4 is 5.32 Å². The van der Waals surface area contributed by atoms with Crippen LogP contribution in [-0.2, 0) is 0 Å². The minimum absolute atomic E-state index is 0.0954. The van der Waals surface area contributed by atoms with E-state index in [1.54, 1.807) is 11.3 Å². The fourth-order valence-corrected chi connectivity index (χ4v) is 3.01. The molecular weight excluding hydrogens is 305 g/mol. The second-order valence-corrected chi connectivity index (χ2v) is 6.28. The Kier molecular flexibility index (Phi) is 4.48. The molecule has 1 saturated heterocycles. The summed E-state index contributed by atoms with van der Waals surface area (Å²) in [6, 6.07) is 3.28. The maximum Gasteiger partial charge on any atom is 0.419 e. The zero-order chi connectivity index (χ0) is 15.7. The number of thiophene rings is 1. The molecule has 21 heavy (non-hydrogen) atoms. The highest BCUT2D eigenvalue weighted by Crippen LogP contribution is 2.37.